The van der Waals surface area contributed by atoms with Crippen LogP contribution in [0, 0.1) is 38.5 Å². The van der Waals surface area contributed by atoms with Gasteiger partial charge in [0.15, 0.2) is 0 Å². The molecular weight excluding hydrogens is 1320 g/mol. The number of carbonyl (C=O) groups is 3. The van der Waals surface area contributed by atoms with Gasteiger partial charge in [-0.25, -0.2) is 14.0 Å². The molecule has 106 heavy (non-hydrogen) atoms. The topological polar surface area (TPSA) is 270 Å². The number of ether oxygens (including phenoxy) is 1. The fraction of sp³-hybridized carbons (Fsp3) is 0.291. The molecule has 3 amide bonds. The largest absolute Gasteiger partial charge is 0.497 e. The number of hydrogen-bond acceptors (Lipinski definition) is 13. The predicted octanol–water partition coefficient (Wildman–Crippen LogP) is 14.8. The SMILES string of the molecule is COc1ccc(C(NCC2CC2)c2cccc(NC(=O)c3cc(C)nn3-c3cccc(CN)c3)c2)cc1.Cc1cc(C(=O)Nc2cccc(C(CCC3CC3)C3=CCC=C3)c2)n(-c2cccc(CN)c2)n1.Cc1cc(C(=O)Nc2cccc(C(NCC3CC3)c3cnn(C)c3)c2)n(-c2cccc(CN)c2)n1. The molecule has 0 saturated heterocycles. The third kappa shape index (κ3) is 19.0. The number of nitrogens with zero attached hydrogens (tertiary/aromatic N) is 8. The standard InChI is InChI=1S/C30H33N5O2.C29H32N4O.C27H31N7O/c1-20-15-28(35(34-20)26-8-3-5-22(16-26)18-31)30(36)33-25-7-4-6-24(17-25)29(32-19-21-9-10-21)23-11-13-27(37-2)14-12-23;1-20-16-28(33(32-20)26-11-4-6-22(17-26)19-30)29(34)31-25-10-5-9-24(18-25)27(15-14-21-12-13-21)23-7-2-3-8-23;1-18-11-25(34(32-18)24-8-3-5-20(12-24)14-28)27(35)31-23-7-4-6-21(13-23)26(29-15-19-9-10-19)22-16-30-33(2)17-22/h3-8,11-17,21,29,32H,9-10,18-19,31H2,1-2H3,(H,33,36);2,4-11,16-18,21,27H,3,12-15,19,30H2,1H3,(H,31,34);3-8,11-13,16-17,19,26,29H,9-10,14-15,28H2,1-2H3,(H,31,35). The van der Waals surface area contributed by atoms with E-state index in [0.717, 1.165) is 140 Å². The van der Waals surface area contributed by atoms with Crippen LogP contribution in [-0.4, -0.2) is 77.0 Å². The van der Waals surface area contributed by atoms with Gasteiger partial charge in [0.1, 0.15) is 22.8 Å². The number of anilines is 3. The molecule has 0 spiro atoms. The normalized spacial score (nSPS) is 14.6. The van der Waals surface area contributed by atoms with Gasteiger partial charge in [-0.2, -0.15) is 20.4 Å². The van der Waals surface area contributed by atoms with Gasteiger partial charge < -0.3 is 48.5 Å². The van der Waals surface area contributed by atoms with Gasteiger partial charge in [-0.05, 0) is 244 Å². The summed E-state index contributed by atoms with van der Waals surface area (Å²) in [6.45, 7) is 8.88. The highest BCUT2D eigenvalue weighted by molar-refractivity contribution is 6.05. The highest BCUT2D eigenvalue weighted by atomic mass is 16.5. The zero-order chi connectivity index (χ0) is 73.6. The van der Waals surface area contributed by atoms with E-state index in [9.17, 15) is 14.4 Å². The Hall–Kier alpha value is -11.1. The molecule has 3 fully saturated rings. The van der Waals surface area contributed by atoms with E-state index in [-0.39, 0.29) is 29.8 Å². The molecule has 544 valence electrons. The van der Waals surface area contributed by atoms with E-state index in [1.54, 1.807) is 33.3 Å². The maximum atomic E-state index is 13.4. The summed E-state index contributed by atoms with van der Waals surface area (Å²) >= 11 is 0. The summed E-state index contributed by atoms with van der Waals surface area (Å²) in [5, 5.41) is 34.7. The Balaban J connectivity index is 0.000000141. The van der Waals surface area contributed by atoms with Crippen molar-refractivity contribution in [1.29, 1.82) is 0 Å². The van der Waals surface area contributed by atoms with Crippen molar-refractivity contribution in [3.8, 4) is 22.8 Å². The summed E-state index contributed by atoms with van der Waals surface area (Å²) in [7, 11) is 3.60. The number of nitrogens with one attached hydrogen (secondary N) is 5. The molecule has 4 aliphatic rings. The van der Waals surface area contributed by atoms with Gasteiger partial charge in [0, 0.05) is 61.4 Å². The highest BCUT2D eigenvalue weighted by Gasteiger charge is 2.29. The van der Waals surface area contributed by atoms with Crippen LogP contribution in [0.1, 0.15) is 169 Å². The molecule has 20 nitrogen and oxygen atoms in total. The van der Waals surface area contributed by atoms with Gasteiger partial charge in [0.05, 0.1) is 59.5 Å². The lowest BCUT2D eigenvalue weighted by Crippen LogP contribution is -2.25. The number of methoxy groups -OCH3 is 1. The first-order valence-electron chi connectivity index (χ1n) is 36.9. The Morgan fingerprint density at radius 3 is 1.29 bits per heavy atom. The molecule has 20 heteroatoms. The van der Waals surface area contributed by atoms with E-state index >= 15 is 0 Å². The average molecular weight is 1420 g/mol. The Bertz CT molecular complexity index is 4930. The summed E-state index contributed by atoms with van der Waals surface area (Å²) < 4.78 is 12.2. The molecule has 11 N–H and O–H groups in total. The summed E-state index contributed by atoms with van der Waals surface area (Å²) in [4.78, 5) is 40.0. The van der Waals surface area contributed by atoms with Crippen LogP contribution < -0.4 is 48.5 Å². The van der Waals surface area contributed by atoms with Crippen LogP contribution in [0.3, 0.4) is 0 Å². The number of carbonyl (C=O) groups excluding carboxylic acids is 3. The minimum atomic E-state index is -0.220. The minimum Gasteiger partial charge on any atom is -0.497 e. The summed E-state index contributed by atoms with van der Waals surface area (Å²) in [6, 6.07) is 61.2. The van der Waals surface area contributed by atoms with Crippen molar-refractivity contribution in [2.45, 2.75) is 116 Å². The Kier molecular flexibility index (Phi) is 23.6. The lowest BCUT2D eigenvalue weighted by atomic mass is 9.86. The van der Waals surface area contributed by atoms with E-state index in [4.69, 9.17) is 21.9 Å². The van der Waals surface area contributed by atoms with Gasteiger partial charge >= 0.3 is 0 Å². The van der Waals surface area contributed by atoms with E-state index in [0.29, 0.717) is 42.6 Å². The third-order valence-electron chi connectivity index (χ3n) is 19.8. The van der Waals surface area contributed by atoms with Gasteiger partial charge in [0.25, 0.3) is 17.7 Å². The van der Waals surface area contributed by atoms with Crippen LogP contribution >= 0.6 is 0 Å². The van der Waals surface area contributed by atoms with Crippen molar-refractivity contribution in [2.24, 2.45) is 42.0 Å². The first-order valence-corrected chi connectivity index (χ1v) is 36.9. The highest BCUT2D eigenvalue weighted by Crippen LogP contribution is 2.41. The Morgan fingerprint density at radius 1 is 0.491 bits per heavy atom. The van der Waals surface area contributed by atoms with Crippen LogP contribution in [0.25, 0.3) is 17.1 Å². The van der Waals surface area contributed by atoms with Crippen molar-refractivity contribution in [3.63, 3.8) is 0 Å². The second-order valence-corrected chi connectivity index (χ2v) is 28.3. The molecule has 7 aromatic carbocycles. The van der Waals surface area contributed by atoms with Gasteiger partial charge in [-0.15, -0.1) is 0 Å². The first kappa shape index (κ1) is 73.2. The zero-order valence-corrected chi connectivity index (χ0v) is 61.1. The Morgan fingerprint density at radius 2 is 0.906 bits per heavy atom. The predicted molar refractivity (Wildman–Crippen MR) is 420 cm³/mol. The third-order valence-corrected chi connectivity index (χ3v) is 19.8. The lowest BCUT2D eigenvalue weighted by molar-refractivity contribution is 0.101. The molecular formula is C86H96N16O4. The molecule has 3 saturated carbocycles. The lowest BCUT2D eigenvalue weighted by Gasteiger charge is -2.21. The molecule has 11 aromatic rings. The van der Waals surface area contributed by atoms with E-state index in [1.165, 1.54) is 56.1 Å². The molecule has 4 aliphatic carbocycles. The average Bonchev–Trinajstić information content (AvgIpc) is 1.60. The van der Waals surface area contributed by atoms with E-state index in [2.05, 4.69) is 102 Å². The second-order valence-electron chi connectivity index (χ2n) is 28.3. The minimum absolute atomic E-state index is 0.00734. The first-order chi connectivity index (χ1) is 51.6. The van der Waals surface area contributed by atoms with E-state index < -0.39 is 0 Å². The molecule has 15 rings (SSSR count). The number of hydrogen-bond donors (Lipinski definition) is 8. The fourth-order valence-electron chi connectivity index (χ4n) is 13.6. The molecule has 0 aliphatic heterocycles. The van der Waals surface area contributed by atoms with Crippen LogP contribution in [0.4, 0.5) is 17.1 Å². The number of rotatable bonds is 28. The van der Waals surface area contributed by atoms with Gasteiger partial charge in [-0.3, -0.25) is 19.1 Å². The number of aryl methyl sites for hydroxylation is 4. The summed E-state index contributed by atoms with van der Waals surface area (Å²) in [5.74, 6) is 2.98. The van der Waals surface area contributed by atoms with Crippen LogP contribution in [0.2, 0.25) is 0 Å². The zero-order valence-electron chi connectivity index (χ0n) is 61.1. The van der Waals surface area contributed by atoms with E-state index in [1.807, 2.05) is 184 Å². The number of benzene rings is 7. The summed E-state index contributed by atoms with van der Waals surface area (Å²) in [5.41, 5.74) is 35.9. The fourth-order valence-corrected chi connectivity index (χ4v) is 13.6. The van der Waals surface area contributed by atoms with Crippen LogP contribution in [-0.2, 0) is 26.7 Å². The molecule has 0 bridgehead atoms. The summed E-state index contributed by atoms with van der Waals surface area (Å²) in [6.07, 6.45) is 22.1. The van der Waals surface area contributed by atoms with Crippen LogP contribution in [0.5, 0.6) is 5.75 Å². The number of amides is 3. The van der Waals surface area contributed by atoms with Crippen molar-refractivity contribution >= 4 is 34.8 Å². The van der Waals surface area contributed by atoms with Gasteiger partial charge in [-0.1, -0.05) is 116 Å². The number of nitrogens with two attached hydrogens (primary N) is 3. The number of aromatic nitrogens is 8. The van der Waals surface area contributed by atoms with Crippen molar-refractivity contribution in [2.75, 3.05) is 36.1 Å². The number of allylic oxidation sites excluding steroid dienone is 4. The molecule has 4 heterocycles. The van der Waals surface area contributed by atoms with Crippen molar-refractivity contribution < 1.29 is 19.1 Å². The molecule has 4 aromatic heterocycles. The smallest absolute Gasteiger partial charge is 0.274 e. The quantitative estimate of drug-likeness (QED) is 0.0227. The second kappa shape index (κ2) is 34.2. The molecule has 3 atom stereocenters. The molecule has 0 radical (unpaired) electrons. The Labute approximate surface area is 620 Å². The monoisotopic (exact) mass is 1420 g/mol. The van der Waals surface area contributed by atoms with Crippen molar-refractivity contribution in [3.05, 3.63) is 303 Å². The maximum absolute atomic E-state index is 13.4. The van der Waals surface area contributed by atoms with Crippen LogP contribution in [0.15, 0.2) is 224 Å². The van der Waals surface area contributed by atoms with Crippen molar-refractivity contribution in [1.82, 2.24) is 49.8 Å². The molecule has 3 unspecified atom stereocenters. The maximum Gasteiger partial charge on any atom is 0.274 e. The van der Waals surface area contributed by atoms with Gasteiger partial charge in [0.2, 0.25) is 0 Å².